The van der Waals surface area contributed by atoms with Crippen LogP contribution in [0.4, 0.5) is 5.13 Å². The maximum Gasteiger partial charge on any atom is 0.296 e. The third-order valence-electron chi connectivity index (χ3n) is 6.07. The molecule has 2 heterocycles. The number of aliphatic hydroxyl groups excluding tert-OH is 1. The first-order valence-electron chi connectivity index (χ1n) is 11.2. The van der Waals surface area contributed by atoms with Crippen LogP contribution in [-0.4, -0.2) is 35.3 Å². The van der Waals surface area contributed by atoms with Crippen molar-refractivity contribution in [2.45, 2.75) is 22.1 Å². The summed E-state index contributed by atoms with van der Waals surface area (Å²) in [7, 11) is -3.92. The van der Waals surface area contributed by atoms with Crippen LogP contribution in [0.15, 0.2) is 99.4 Å². The number of rotatable bonds is 6. The average molecular weight is 567 g/mol. The number of Topliss-reactive ketones (excluding diaryl/α,β-unsaturated/α-hetero) is 1. The lowest BCUT2D eigenvalue weighted by Crippen LogP contribution is -2.31. The number of halogens is 1. The van der Waals surface area contributed by atoms with E-state index in [-0.39, 0.29) is 31.1 Å². The Balaban J connectivity index is 1.64. The molecule has 1 atom stereocenters. The van der Waals surface area contributed by atoms with Crippen LogP contribution in [0, 0.1) is 6.92 Å². The molecule has 3 aromatic carbocycles. The topological polar surface area (TPSA) is 125 Å². The summed E-state index contributed by atoms with van der Waals surface area (Å²) in [5.74, 6) is -2.36. The van der Waals surface area contributed by atoms with Gasteiger partial charge in [-0.05, 0) is 60.5 Å². The molecule has 0 radical (unpaired) electrons. The number of aromatic hydroxyl groups is 1. The molecule has 0 saturated heterocycles. The van der Waals surface area contributed by atoms with E-state index in [0.717, 1.165) is 22.4 Å². The smallest absolute Gasteiger partial charge is 0.296 e. The number of nitrogens with zero attached hydrogens (tertiary/aromatic N) is 2. The van der Waals surface area contributed by atoms with Crippen molar-refractivity contribution in [3.05, 3.63) is 112 Å². The van der Waals surface area contributed by atoms with Gasteiger partial charge in [-0.2, -0.15) is 0 Å². The third kappa shape index (κ3) is 4.36. The number of benzene rings is 3. The molecule has 2 N–H and O–H groups in total. The molecule has 1 aromatic heterocycles. The maximum atomic E-state index is 13.7. The molecule has 0 bridgehead atoms. The molecule has 1 amide bonds. The number of aromatic nitrogens is 1. The first-order valence-corrected chi connectivity index (χ1v) is 13.9. The minimum absolute atomic E-state index is 0.0220. The van der Waals surface area contributed by atoms with E-state index in [0.29, 0.717) is 16.1 Å². The average Bonchev–Trinajstić information content (AvgIpc) is 3.48. The number of phenols is 1. The second kappa shape index (κ2) is 9.71. The van der Waals surface area contributed by atoms with Gasteiger partial charge in [0.1, 0.15) is 9.96 Å². The molecule has 192 valence electrons. The Hall–Kier alpha value is -3.99. The number of hydrogen-bond acceptors (Lipinski definition) is 8. The molecule has 5 rings (SSSR count). The van der Waals surface area contributed by atoms with Gasteiger partial charge in [-0.25, -0.2) is 13.4 Å². The quantitative estimate of drug-likeness (QED) is 0.298. The number of carbonyl (C=O) groups excluding carboxylic acids is 2. The van der Waals surface area contributed by atoms with Gasteiger partial charge >= 0.3 is 0 Å². The summed E-state index contributed by atoms with van der Waals surface area (Å²) in [4.78, 5) is 32.5. The summed E-state index contributed by atoms with van der Waals surface area (Å²) in [6.07, 6.45) is 1.14. The second-order valence-electron chi connectivity index (χ2n) is 8.50. The van der Waals surface area contributed by atoms with Gasteiger partial charge in [-0.1, -0.05) is 53.3 Å². The Morgan fingerprint density at radius 3 is 2.45 bits per heavy atom. The first-order chi connectivity index (χ1) is 18.1. The highest BCUT2D eigenvalue weighted by Gasteiger charge is 2.46. The number of aryl methyl sites for hydroxylation is 1. The highest BCUT2D eigenvalue weighted by molar-refractivity contribution is 7.93. The highest BCUT2D eigenvalue weighted by atomic mass is 35.5. The lowest BCUT2D eigenvalue weighted by molar-refractivity contribution is -0.117. The number of ketones is 1. The molecule has 11 heteroatoms. The van der Waals surface area contributed by atoms with E-state index in [1.165, 1.54) is 30.3 Å². The summed E-state index contributed by atoms with van der Waals surface area (Å²) in [6.45, 7) is 1.62. The number of aliphatic hydroxyl groups is 1. The zero-order valence-electron chi connectivity index (χ0n) is 19.7. The number of carbonyl (C=O) groups is 2. The number of sulfone groups is 1. The SMILES string of the molecule is Cc1cc(O)ccc1C(=O)C1=C(O)C(=O)N(c2ncc(S(=O)(=O)c3ccccc3)s2)C1c1cccc(Cl)c1. The maximum absolute atomic E-state index is 13.7. The van der Waals surface area contributed by atoms with Crippen LogP contribution in [0.25, 0.3) is 0 Å². The van der Waals surface area contributed by atoms with Crippen molar-refractivity contribution >= 4 is 49.6 Å². The van der Waals surface area contributed by atoms with Crippen LogP contribution in [0.1, 0.15) is 27.5 Å². The summed E-state index contributed by atoms with van der Waals surface area (Å²) >= 11 is 6.97. The number of hydrogen-bond donors (Lipinski definition) is 2. The van der Waals surface area contributed by atoms with Crippen LogP contribution in [0.5, 0.6) is 5.75 Å². The van der Waals surface area contributed by atoms with Crippen LogP contribution in [-0.2, 0) is 14.6 Å². The standard InChI is InChI=1S/C27H19ClN2O6S2/c1-15-12-18(31)10-11-20(15)24(32)22-23(16-6-5-7-17(28)13-16)30(26(34)25(22)33)27-29-14-21(37-27)38(35,36)19-8-3-2-4-9-19/h2-14,23,31,33H,1H3. The summed E-state index contributed by atoms with van der Waals surface area (Å²) in [6, 6.07) is 17.2. The Morgan fingerprint density at radius 2 is 1.76 bits per heavy atom. The van der Waals surface area contributed by atoms with Gasteiger partial charge in [-0.3, -0.25) is 14.5 Å². The van der Waals surface area contributed by atoms with Gasteiger partial charge in [0.2, 0.25) is 9.84 Å². The van der Waals surface area contributed by atoms with Gasteiger partial charge < -0.3 is 10.2 Å². The molecule has 0 saturated carbocycles. The van der Waals surface area contributed by atoms with Gasteiger partial charge in [0, 0.05) is 10.6 Å². The molecule has 0 spiro atoms. The minimum Gasteiger partial charge on any atom is -0.508 e. The lowest BCUT2D eigenvalue weighted by atomic mass is 9.91. The van der Waals surface area contributed by atoms with Crippen molar-refractivity contribution in [1.29, 1.82) is 0 Å². The molecule has 1 aliphatic rings. The van der Waals surface area contributed by atoms with Crippen molar-refractivity contribution in [3.63, 3.8) is 0 Å². The van der Waals surface area contributed by atoms with Gasteiger partial charge in [0.05, 0.1) is 22.7 Å². The molecule has 8 nitrogen and oxygen atoms in total. The molecule has 38 heavy (non-hydrogen) atoms. The predicted octanol–water partition coefficient (Wildman–Crippen LogP) is 5.43. The van der Waals surface area contributed by atoms with Crippen molar-refractivity contribution in [3.8, 4) is 5.75 Å². The number of amides is 1. The Labute approximate surface area is 227 Å². The normalized spacial score (nSPS) is 15.8. The molecular formula is C27H19ClN2O6S2. The molecule has 1 aliphatic heterocycles. The van der Waals surface area contributed by atoms with E-state index >= 15 is 0 Å². The number of phenolic OH excluding ortho intramolecular Hbond substituents is 1. The van der Waals surface area contributed by atoms with E-state index in [2.05, 4.69) is 4.98 Å². The molecule has 1 unspecified atom stereocenters. The van der Waals surface area contributed by atoms with Gasteiger partial charge in [-0.15, -0.1) is 0 Å². The number of anilines is 1. The summed E-state index contributed by atoms with van der Waals surface area (Å²) in [5, 5.41) is 21.0. The Bertz CT molecular complexity index is 1730. The van der Waals surface area contributed by atoms with E-state index in [4.69, 9.17) is 11.6 Å². The van der Waals surface area contributed by atoms with Crippen molar-refractivity contribution in [2.24, 2.45) is 0 Å². The largest absolute Gasteiger partial charge is 0.508 e. The van der Waals surface area contributed by atoms with E-state index in [1.807, 2.05) is 0 Å². The van der Waals surface area contributed by atoms with Gasteiger partial charge in [0.15, 0.2) is 16.7 Å². The first kappa shape index (κ1) is 25.7. The van der Waals surface area contributed by atoms with Crippen molar-refractivity contribution in [1.82, 2.24) is 4.98 Å². The fourth-order valence-electron chi connectivity index (χ4n) is 4.28. The molecule has 0 fully saturated rings. The fraction of sp³-hybridized carbons (Fsp3) is 0.0741. The van der Waals surface area contributed by atoms with Crippen LogP contribution >= 0.6 is 22.9 Å². The van der Waals surface area contributed by atoms with Crippen molar-refractivity contribution < 1.29 is 28.2 Å². The molecule has 0 aliphatic carbocycles. The van der Waals surface area contributed by atoms with Crippen LogP contribution < -0.4 is 4.90 Å². The predicted molar refractivity (Wildman–Crippen MR) is 143 cm³/mol. The Kier molecular flexibility index (Phi) is 6.56. The van der Waals surface area contributed by atoms with Crippen LogP contribution in [0.3, 0.4) is 0 Å². The van der Waals surface area contributed by atoms with E-state index < -0.39 is 33.3 Å². The summed E-state index contributed by atoms with van der Waals surface area (Å²) in [5.41, 5.74) is 0.820. The zero-order chi connectivity index (χ0) is 27.2. The Morgan fingerprint density at radius 1 is 1.03 bits per heavy atom. The zero-order valence-corrected chi connectivity index (χ0v) is 22.1. The van der Waals surface area contributed by atoms with E-state index in [1.54, 1.807) is 49.4 Å². The van der Waals surface area contributed by atoms with Crippen molar-refractivity contribution in [2.75, 3.05) is 4.90 Å². The third-order valence-corrected chi connectivity index (χ3v) is 9.53. The molecule has 4 aromatic rings. The fourth-order valence-corrected chi connectivity index (χ4v) is 7.04. The highest BCUT2D eigenvalue weighted by Crippen LogP contribution is 2.44. The van der Waals surface area contributed by atoms with Crippen LogP contribution in [0.2, 0.25) is 5.02 Å². The monoisotopic (exact) mass is 566 g/mol. The lowest BCUT2D eigenvalue weighted by Gasteiger charge is -2.25. The number of thiazole rings is 1. The second-order valence-corrected chi connectivity index (χ2v) is 12.1. The van der Waals surface area contributed by atoms with Gasteiger partial charge in [0.25, 0.3) is 5.91 Å². The molecular weight excluding hydrogens is 548 g/mol. The minimum atomic E-state index is -3.92. The van der Waals surface area contributed by atoms with E-state index in [9.17, 15) is 28.2 Å². The summed E-state index contributed by atoms with van der Waals surface area (Å²) < 4.78 is 26.2.